The van der Waals surface area contributed by atoms with Crippen molar-refractivity contribution in [1.82, 2.24) is 4.90 Å². The average Bonchev–Trinajstić information content (AvgIpc) is 2.46. The van der Waals surface area contributed by atoms with Gasteiger partial charge >= 0.3 is 0 Å². The van der Waals surface area contributed by atoms with Crippen molar-refractivity contribution in [2.24, 2.45) is 5.41 Å². The van der Waals surface area contributed by atoms with Gasteiger partial charge in [0.25, 0.3) is 0 Å². The summed E-state index contributed by atoms with van der Waals surface area (Å²) in [5, 5.41) is 9.95. The van der Waals surface area contributed by atoms with E-state index in [-0.39, 0.29) is 16.9 Å². The quantitative estimate of drug-likeness (QED) is 0.929. The first kappa shape index (κ1) is 15.8. The summed E-state index contributed by atoms with van der Waals surface area (Å²) < 4.78 is 5.49. The van der Waals surface area contributed by atoms with E-state index in [0.717, 1.165) is 25.9 Å². The number of phenols is 1. The summed E-state index contributed by atoms with van der Waals surface area (Å²) in [6.07, 6.45) is 2.46. The average molecular weight is 303 g/mol. The molecule has 1 fully saturated rings. The Balaban J connectivity index is 2.02. The third kappa shape index (κ3) is 2.17. The van der Waals surface area contributed by atoms with Gasteiger partial charge in [-0.2, -0.15) is 0 Å². The van der Waals surface area contributed by atoms with Gasteiger partial charge in [0.1, 0.15) is 5.75 Å². The van der Waals surface area contributed by atoms with Crippen LogP contribution in [0.25, 0.3) is 0 Å². The third-order valence-electron chi connectivity index (χ3n) is 6.59. The minimum absolute atomic E-state index is 0.122. The van der Waals surface area contributed by atoms with Gasteiger partial charge in [0.05, 0.1) is 6.10 Å². The Bertz CT molecular complexity index is 569. The van der Waals surface area contributed by atoms with Gasteiger partial charge in [-0.05, 0) is 55.0 Å². The van der Waals surface area contributed by atoms with Crippen LogP contribution in [0.3, 0.4) is 0 Å². The number of hydrogen-bond donors (Lipinski definition) is 1. The van der Waals surface area contributed by atoms with Gasteiger partial charge < -0.3 is 9.84 Å². The van der Waals surface area contributed by atoms with Crippen LogP contribution in [-0.4, -0.2) is 42.4 Å². The molecular weight excluding hydrogens is 274 g/mol. The van der Waals surface area contributed by atoms with Crippen LogP contribution in [0.2, 0.25) is 0 Å². The molecule has 0 aromatic heterocycles. The molecule has 1 aliphatic heterocycles. The largest absolute Gasteiger partial charge is 0.508 e. The minimum Gasteiger partial charge on any atom is -0.508 e. The first-order valence-electron chi connectivity index (χ1n) is 8.39. The Kier molecular flexibility index (Phi) is 3.77. The second-order valence-electron chi connectivity index (χ2n) is 7.91. The number of methoxy groups -OCH3 is 1. The highest BCUT2D eigenvalue weighted by atomic mass is 16.5. The molecule has 0 amide bonds. The molecule has 3 rings (SSSR count). The Labute approximate surface area is 134 Å². The predicted octanol–water partition coefficient (Wildman–Crippen LogP) is 3.34. The van der Waals surface area contributed by atoms with E-state index in [1.807, 2.05) is 12.1 Å². The highest BCUT2D eigenvalue weighted by Gasteiger charge is 2.55. The molecule has 1 N–H and O–H groups in total. The SMILES string of the molecule is CO[C@H](C)CN1CC[C@]2(C)c3cc(O)ccc3C[C@H]1C2(C)C. The fourth-order valence-corrected chi connectivity index (χ4v) is 4.62. The Morgan fingerprint density at radius 3 is 2.77 bits per heavy atom. The van der Waals surface area contributed by atoms with Crippen LogP contribution in [-0.2, 0) is 16.6 Å². The fourth-order valence-electron chi connectivity index (χ4n) is 4.62. The maximum Gasteiger partial charge on any atom is 0.115 e. The maximum atomic E-state index is 9.95. The van der Waals surface area contributed by atoms with Crippen molar-refractivity contribution in [1.29, 1.82) is 0 Å². The molecule has 122 valence electrons. The topological polar surface area (TPSA) is 32.7 Å². The fraction of sp³-hybridized carbons (Fsp3) is 0.684. The Morgan fingerprint density at radius 1 is 1.36 bits per heavy atom. The predicted molar refractivity (Wildman–Crippen MR) is 89.4 cm³/mol. The normalized spacial score (nSPS) is 31.6. The zero-order valence-corrected chi connectivity index (χ0v) is 14.5. The Hall–Kier alpha value is -1.06. The molecule has 1 aromatic rings. The highest BCUT2D eigenvalue weighted by Crippen LogP contribution is 2.56. The molecule has 2 bridgehead atoms. The molecule has 0 saturated carbocycles. The lowest BCUT2D eigenvalue weighted by atomic mass is 9.51. The lowest BCUT2D eigenvalue weighted by molar-refractivity contribution is -0.0569. The van der Waals surface area contributed by atoms with Gasteiger partial charge in [0.15, 0.2) is 0 Å². The van der Waals surface area contributed by atoms with E-state index in [4.69, 9.17) is 4.74 Å². The molecule has 1 aromatic carbocycles. The second-order valence-corrected chi connectivity index (χ2v) is 7.91. The summed E-state index contributed by atoms with van der Waals surface area (Å²) in [6, 6.07) is 6.48. The van der Waals surface area contributed by atoms with Crippen LogP contribution >= 0.6 is 0 Å². The van der Waals surface area contributed by atoms with Crippen molar-refractivity contribution in [3.05, 3.63) is 29.3 Å². The molecule has 0 unspecified atom stereocenters. The number of rotatable bonds is 3. The van der Waals surface area contributed by atoms with E-state index in [1.165, 1.54) is 11.1 Å². The monoisotopic (exact) mass is 303 g/mol. The van der Waals surface area contributed by atoms with Crippen molar-refractivity contribution in [2.75, 3.05) is 20.2 Å². The van der Waals surface area contributed by atoms with E-state index in [9.17, 15) is 5.11 Å². The molecule has 1 saturated heterocycles. The first-order valence-corrected chi connectivity index (χ1v) is 8.39. The molecule has 3 atom stereocenters. The molecule has 2 aliphatic rings. The molecule has 0 radical (unpaired) electrons. The van der Waals surface area contributed by atoms with Crippen molar-refractivity contribution < 1.29 is 9.84 Å². The standard InChI is InChI=1S/C19H29NO2/c1-13(22-5)12-20-9-8-19(4)16-11-15(21)7-6-14(16)10-17(20)18(19,2)3/h6-7,11,13,17,21H,8-10,12H2,1-5H3/t13-,17+,19-/m1/s1. The smallest absolute Gasteiger partial charge is 0.115 e. The van der Waals surface area contributed by atoms with Gasteiger partial charge in [0, 0.05) is 25.1 Å². The lowest BCUT2D eigenvalue weighted by Crippen LogP contribution is -2.64. The maximum absolute atomic E-state index is 9.95. The van der Waals surface area contributed by atoms with E-state index in [0.29, 0.717) is 11.8 Å². The summed E-state index contributed by atoms with van der Waals surface area (Å²) in [6.45, 7) is 11.4. The number of phenolic OH excluding ortho intramolecular Hbond substituents is 1. The number of piperidine rings is 1. The number of fused-ring (bicyclic) bond motifs is 4. The summed E-state index contributed by atoms with van der Waals surface area (Å²) in [4.78, 5) is 2.62. The molecule has 0 spiro atoms. The van der Waals surface area contributed by atoms with Gasteiger partial charge in [-0.15, -0.1) is 0 Å². The number of benzene rings is 1. The van der Waals surface area contributed by atoms with Crippen LogP contribution in [0.4, 0.5) is 0 Å². The number of aromatic hydroxyl groups is 1. The van der Waals surface area contributed by atoms with Crippen molar-refractivity contribution in [3.63, 3.8) is 0 Å². The summed E-state index contributed by atoms with van der Waals surface area (Å²) >= 11 is 0. The van der Waals surface area contributed by atoms with E-state index >= 15 is 0 Å². The van der Waals surface area contributed by atoms with Crippen molar-refractivity contribution in [3.8, 4) is 5.75 Å². The molecular formula is C19H29NO2. The molecule has 1 aliphatic carbocycles. The summed E-state index contributed by atoms with van der Waals surface area (Å²) in [7, 11) is 1.79. The van der Waals surface area contributed by atoms with E-state index < -0.39 is 0 Å². The zero-order valence-electron chi connectivity index (χ0n) is 14.5. The van der Waals surface area contributed by atoms with Gasteiger partial charge in [0.2, 0.25) is 0 Å². The minimum atomic E-state index is 0.122. The summed E-state index contributed by atoms with van der Waals surface area (Å²) in [5.74, 6) is 0.393. The van der Waals surface area contributed by atoms with E-state index in [2.05, 4.69) is 38.7 Å². The zero-order chi connectivity index (χ0) is 16.1. The second kappa shape index (κ2) is 5.24. The van der Waals surface area contributed by atoms with Crippen LogP contribution in [0.5, 0.6) is 5.75 Å². The molecule has 3 nitrogen and oxygen atoms in total. The van der Waals surface area contributed by atoms with Gasteiger partial charge in [-0.1, -0.05) is 26.8 Å². The van der Waals surface area contributed by atoms with Gasteiger partial charge in [-0.3, -0.25) is 4.90 Å². The third-order valence-corrected chi connectivity index (χ3v) is 6.59. The van der Waals surface area contributed by atoms with Crippen LogP contribution in [0.15, 0.2) is 18.2 Å². The first-order chi connectivity index (χ1) is 10.3. The van der Waals surface area contributed by atoms with Crippen LogP contribution in [0.1, 0.15) is 45.2 Å². The molecule has 22 heavy (non-hydrogen) atoms. The number of nitrogens with zero attached hydrogens (tertiary/aromatic N) is 1. The molecule has 3 heteroatoms. The number of likely N-dealkylation sites (tertiary alicyclic amines) is 1. The van der Waals surface area contributed by atoms with Crippen molar-refractivity contribution >= 4 is 0 Å². The lowest BCUT2D eigenvalue weighted by Gasteiger charge is -2.61. The Morgan fingerprint density at radius 2 is 2.09 bits per heavy atom. The van der Waals surface area contributed by atoms with E-state index in [1.54, 1.807) is 7.11 Å². The van der Waals surface area contributed by atoms with Crippen molar-refractivity contribution in [2.45, 2.75) is 58.1 Å². The highest BCUT2D eigenvalue weighted by molar-refractivity contribution is 5.45. The molecule has 1 heterocycles. The van der Waals surface area contributed by atoms with Gasteiger partial charge in [-0.25, -0.2) is 0 Å². The number of hydrogen-bond acceptors (Lipinski definition) is 3. The number of ether oxygens (including phenoxy) is 1. The summed E-state index contributed by atoms with van der Waals surface area (Å²) in [5.41, 5.74) is 3.06. The van der Waals surface area contributed by atoms with Crippen LogP contribution in [0, 0.1) is 5.41 Å². The van der Waals surface area contributed by atoms with Crippen LogP contribution < -0.4 is 0 Å².